The zero-order chi connectivity index (χ0) is 28.9. The summed E-state index contributed by atoms with van der Waals surface area (Å²) in [5.41, 5.74) is 0. The molecule has 2 atom stereocenters. The van der Waals surface area contributed by atoms with Gasteiger partial charge in [0.15, 0.2) is 0 Å². The Labute approximate surface area is 253 Å². The van der Waals surface area contributed by atoms with Crippen LogP contribution >= 0.6 is 22.6 Å². The zero-order valence-electron chi connectivity index (χ0n) is 27.4. The van der Waals surface area contributed by atoms with E-state index in [2.05, 4.69) is 63.1 Å². The number of aliphatic hydroxyl groups excluding tert-OH is 1. The van der Waals surface area contributed by atoms with E-state index >= 15 is 0 Å². The number of rotatable bonds is 13. The Morgan fingerprint density at radius 1 is 0.906 bits per heavy atom. The maximum Gasteiger partial charge on any atom is 2.00 e. The first-order valence-corrected chi connectivity index (χ1v) is 13.3. The third-order valence-electron chi connectivity index (χ3n) is 4.73. The maximum absolute atomic E-state index is 8.70. The van der Waals surface area contributed by atoms with Crippen molar-refractivity contribution in [1.82, 2.24) is 0 Å². The van der Waals surface area contributed by atoms with E-state index in [0.29, 0.717) is 12.3 Å². The fraction of sp³-hybridized carbons (Fsp3) is 0.889. The van der Waals surface area contributed by atoms with Crippen molar-refractivity contribution >= 4 is 45.6 Å². The van der Waals surface area contributed by atoms with Gasteiger partial charge in [0.1, 0.15) is 0 Å². The van der Waals surface area contributed by atoms with Crippen molar-refractivity contribution in [2.45, 2.75) is 118 Å². The van der Waals surface area contributed by atoms with Gasteiger partial charge in [-0.3, -0.25) is 0 Å². The molecule has 0 aromatic carbocycles. The third kappa shape index (κ3) is 45.0. The van der Waals surface area contributed by atoms with Gasteiger partial charge in [0, 0.05) is 28.4 Å². The first-order chi connectivity index (χ1) is 16.8. The second-order valence-corrected chi connectivity index (χ2v) is 8.21. The van der Waals surface area contributed by atoms with Crippen molar-refractivity contribution < 1.29 is 35.0 Å². The van der Waals surface area contributed by atoms with Gasteiger partial charge in [-0.05, 0) is 54.5 Å². The maximum atomic E-state index is 8.70. The van der Waals surface area contributed by atoms with E-state index < -0.39 is 13.7 Å². The third-order valence-corrected chi connectivity index (χ3v) is 5.97. The molecule has 2 nitrogen and oxygen atoms in total. The number of halogens is 2. The second-order valence-electron chi connectivity index (χ2n) is 7.33. The van der Waals surface area contributed by atoms with E-state index in [1.165, 1.54) is 49.4 Å². The Bertz CT molecular complexity index is 424. The molecule has 0 saturated carbocycles. The van der Waals surface area contributed by atoms with Crippen molar-refractivity contribution in [2.24, 2.45) is 11.8 Å². The number of unbranched alkanes of at least 4 members (excludes halogenated alkanes) is 1. The van der Waals surface area contributed by atoms with Gasteiger partial charge in [0.25, 0.3) is 0 Å². The van der Waals surface area contributed by atoms with Gasteiger partial charge in [-0.1, -0.05) is 95.2 Å². The molecule has 1 aliphatic rings. The van der Waals surface area contributed by atoms with E-state index in [-0.39, 0.29) is 46.6 Å². The smallest absolute Gasteiger partial charge is 1.00 e. The number of ether oxygens (including phenoxy) is 1. The molecule has 0 aromatic rings. The Morgan fingerprint density at radius 3 is 1.72 bits per heavy atom. The fourth-order valence-electron chi connectivity index (χ4n) is 3.14. The zero-order valence-corrected chi connectivity index (χ0v) is 26.5. The predicted octanol–water partition coefficient (Wildman–Crippen LogP) is 5.51. The van der Waals surface area contributed by atoms with Crippen LogP contribution < -0.4 is 17.0 Å². The van der Waals surface area contributed by atoms with Crippen LogP contribution in [0.3, 0.4) is 0 Å². The van der Waals surface area contributed by atoms with Crippen LogP contribution in [0.1, 0.15) is 126 Å². The second kappa shape index (κ2) is 49.6. The summed E-state index contributed by atoms with van der Waals surface area (Å²) in [6, 6.07) is 0. The molecule has 1 saturated heterocycles. The largest absolute Gasteiger partial charge is 2.00 e. The van der Waals surface area contributed by atoms with Crippen LogP contribution in [-0.4, -0.2) is 52.4 Å². The van der Waals surface area contributed by atoms with E-state index in [4.69, 9.17) is 18.1 Å². The average Bonchev–Trinajstić information content (AvgIpc) is 3.39. The average molecular weight is 650 g/mol. The quantitative estimate of drug-likeness (QED) is 0.0938. The summed E-state index contributed by atoms with van der Waals surface area (Å²) in [5.74, 6) is 1.48. The Morgan fingerprint density at radius 2 is 1.38 bits per heavy atom. The molecular weight excluding hydrogens is 587 g/mol. The van der Waals surface area contributed by atoms with Crippen LogP contribution in [0.15, 0.2) is 0 Å². The minimum absolute atomic E-state index is 0. The van der Waals surface area contributed by atoms with E-state index in [1.54, 1.807) is 0 Å². The Hall–Kier alpha value is 1.46. The van der Waals surface area contributed by atoms with Crippen molar-refractivity contribution in [3.8, 4) is 12.8 Å². The van der Waals surface area contributed by atoms with Gasteiger partial charge in [0.05, 0.1) is 0 Å². The standard InChI is InChI=1S/C10H22O.C9H19I.C4H8O.C2H5.C2H2.BrH.Mg/c1-3-6-10(7-4-2)8-5-9-11;1-3-5-7-9(8-10)6-4-2;1-2-4-5-3-1;2*1-2;;/h10-11H,3-9H2,1-2H3;9H,3-8H2,1-2H3;1-4H2;1H2,2H3;1-2H;1H;/q;;;-1;;;+2/p-1/t;9-;;;;;/m.0...../s1/i1D3;;;2D3;;;/t10-;;;;;;/m0....../s1. The van der Waals surface area contributed by atoms with Gasteiger partial charge in [-0.15, -0.1) is 12.8 Å². The summed E-state index contributed by atoms with van der Waals surface area (Å²) in [7, 11) is 0. The van der Waals surface area contributed by atoms with Crippen molar-refractivity contribution in [3.63, 3.8) is 0 Å². The summed E-state index contributed by atoms with van der Waals surface area (Å²) in [6.45, 7) is 7.87. The molecule has 192 valence electrons. The van der Waals surface area contributed by atoms with E-state index in [9.17, 15) is 0 Å². The normalized spacial score (nSPS) is 16.4. The van der Waals surface area contributed by atoms with Crippen LogP contribution in [0.5, 0.6) is 0 Å². The first-order valence-electron chi connectivity index (χ1n) is 14.8. The van der Waals surface area contributed by atoms with Gasteiger partial charge < -0.3 is 33.7 Å². The molecule has 0 amide bonds. The van der Waals surface area contributed by atoms with Gasteiger partial charge in [0.2, 0.25) is 0 Å². The molecule has 0 bridgehead atoms. The Balaban J connectivity index is -0.0000000931. The number of hydrogen-bond donors (Lipinski definition) is 1. The molecule has 1 aliphatic heterocycles. The summed E-state index contributed by atoms with van der Waals surface area (Å²) >= 11 is 2.51. The van der Waals surface area contributed by atoms with Gasteiger partial charge in [-0.2, -0.15) is 6.85 Å². The molecule has 5 heteroatoms. The van der Waals surface area contributed by atoms with Crippen LogP contribution in [0.4, 0.5) is 0 Å². The molecule has 1 N–H and O–H groups in total. The molecule has 1 heterocycles. The monoisotopic (exact) mass is 648 g/mol. The molecule has 1 fully saturated rings. The van der Waals surface area contributed by atoms with Gasteiger partial charge >= 0.3 is 23.1 Å². The van der Waals surface area contributed by atoms with Crippen LogP contribution in [0.2, 0.25) is 0 Å². The summed E-state index contributed by atoms with van der Waals surface area (Å²) in [5, 5.41) is 8.70. The van der Waals surface area contributed by atoms with Crippen molar-refractivity contribution in [2.75, 3.05) is 24.2 Å². The number of hydrogen-bond acceptors (Lipinski definition) is 2. The molecular formula is C27H56BrIMgO2. The van der Waals surface area contributed by atoms with Crippen LogP contribution in [0.25, 0.3) is 0 Å². The minimum Gasteiger partial charge on any atom is -1.00 e. The minimum atomic E-state index is -2.00. The van der Waals surface area contributed by atoms with Crippen LogP contribution in [-0.2, 0) is 4.74 Å². The SMILES string of the molecule is C#C.C1CCOC1.CCCC[C@@H](CI)CCC.[2H]C([2H])([2H])CC[C@@H](CCC)CCCO.[2H]C([2H])([2H])[CH2-].[Br-].[Mg+2]. The molecule has 1 rings (SSSR count). The number of terminal acetylenes is 1. The molecule has 32 heavy (non-hydrogen) atoms. The van der Waals surface area contributed by atoms with Gasteiger partial charge in [-0.25, -0.2) is 0 Å². The summed E-state index contributed by atoms with van der Waals surface area (Å²) in [4.78, 5) is 0. The molecule has 0 unspecified atom stereocenters. The first kappa shape index (κ1) is 31.5. The van der Waals surface area contributed by atoms with Crippen LogP contribution in [0, 0.1) is 31.6 Å². The molecule has 0 radical (unpaired) electrons. The molecule has 0 spiro atoms. The van der Waals surface area contributed by atoms with E-state index in [0.717, 1.165) is 51.2 Å². The predicted molar refractivity (Wildman–Crippen MR) is 153 cm³/mol. The fourth-order valence-corrected chi connectivity index (χ4v) is 4.02. The van der Waals surface area contributed by atoms with E-state index in [1.807, 2.05) is 0 Å². The number of aliphatic hydroxyl groups is 1. The van der Waals surface area contributed by atoms with Crippen molar-refractivity contribution in [1.29, 1.82) is 0 Å². The summed E-state index contributed by atoms with van der Waals surface area (Å²) in [6.07, 6.45) is 22.6. The Kier molecular flexibility index (Phi) is 48.8. The summed E-state index contributed by atoms with van der Waals surface area (Å²) < 4.78 is 46.1. The van der Waals surface area contributed by atoms with Crippen molar-refractivity contribution in [3.05, 3.63) is 6.92 Å². The molecule has 0 aromatic heterocycles. The number of alkyl halides is 1. The topological polar surface area (TPSA) is 29.5 Å². The molecule has 0 aliphatic carbocycles.